The molecule has 0 bridgehead atoms. The van der Waals surface area contributed by atoms with Gasteiger partial charge in [-0.15, -0.1) is 0 Å². The van der Waals surface area contributed by atoms with Gasteiger partial charge in [0.05, 0.1) is 5.02 Å². The van der Waals surface area contributed by atoms with E-state index >= 15 is 0 Å². The molecule has 0 heterocycles. The average molecular weight is 307 g/mol. The monoisotopic (exact) mass is 306 g/mol. The lowest BCUT2D eigenvalue weighted by Gasteiger charge is -2.07. The number of benzene rings is 2. The molecule has 0 radical (unpaired) electrons. The van der Waals surface area contributed by atoms with E-state index in [-0.39, 0.29) is 5.78 Å². The molecule has 104 valence electrons. The standard InChI is InChI=1S/C17H16Cl2O/c1-11(2)13-5-3-12(4-6-13)9-17(20)15-10-14(18)7-8-16(15)19/h3-8,10-11H,9H2,1-2H3. The highest BCUT2D eigenvalue weighted by atomic mass is 35.5. The zero-order valence-electron chi connectivity index (χ0n) is 11.5. The highest BCUT2D eigenvalue weighted by Gasteiger charge is 2.12. The maximum Gasteiger partial charge on any atom is 0.168 e. The van der Waals surface area contributed by atoms with Crippen LogP contribution in [0.4, 0.5) is 0 Å². The molecule has 0 aliphatic carbocycles. The van der Waals surface area contributed by atoms with E-state index in [0.29, 0.717) is 27.9 Å². The maximum atomic E-state index is 12.3. The van der Waals surface area contributed by atoms with Crippen LogP contribution in [0.15, 0.2) is 42.5 Å². The predicted octanol–water partition coefficient (Wildman–Crippen LogP) is 5.54. The smallest absolute Gasteiger partial charge is 0.168 e. The molecule has 0 N–H and O–H groups in total. The zero-order valence-corrected chi connectivity index (χ0v) is 13.0. The third kappa shape index (κ3) is 3.62. The lowest BCUT2D eigenvalue weighted by atomic mass is 9.98. The van der Waals surface area contributed by atoms with Crippen LogP contribution < -0.4 is 0 Å². The minimum atomic E-state index is -0.0187. The Morgan fingerprint density at radius 1 is 1.05 bits per heavy atom. The first-order chi connectivity index (χ1) is 9.47. The first kappa shape index (κ1) is 15.1. The number of hydrogen-bond donors (Lipinski definition) is 0. The van der Waals surface area contributed by atoms with E-state index in [1.54, 1.807) is 18.2 Å². The van der Waals surface area contributed by atoms with Crippen LogP contribution in [0, 0.1) is 0 Å². The van der Waals surface area contributed by atoms with Gasteiger partial charge in [0.2, 0.25) is 0 Å². The molecule has 0 amide bonds. The fourth-order valence-electron chi connectivity index (χ4n) is 2.01. The van der Waals surface area contributed by atoms with Gasteiger partial charge >= 0.3 is 0 Å². The summed E-state index contributed by atoms with van der Waals surface area (Å²) >= 11 is 12.0. The van der Waals surface area contributed by atoms with Gasteiger partial charge in [-0.3, -0.25) is 4.79 Å². The van der Waals surface area contributed by atoms with E-state index in [0.717, 1.165) is 5.56 Å². The summed E-state index contributed by atoms with van der Waals surface area (Å²) in [6.07, 6.45) is 0.332. The maximum absolute atomic E-state index is 12.3. The Hall–Kier alpha value is -1.31. The van der Waals surface area contributed by atoms with Crippen LogP contribution in [-0.4, -0.2) is 5.78 Å². The van der Waals surface area contributed by atoms with Gasteiger partial charge in [-0.1, -0.05) is 61.3 Å². The fraction of sp³-hybridized carbons (Fsp3) is 0.235. The normalized spacial score (nSPS) is 10.8. The van der Waals surface area contributed by atoms with Gasteiger partial charge in [0.25, 0.3) is 0 Å². The Bertz CT molecular complexity index is 615. The molecule has 2 aromatic carbocycles. The summed E-state index contributed by atoms with van der Waals surface area (Å²) in [5, 5.41) is 0.964. The van der Waals surface area contributed by atoms with Crippen molar-refractivity contribution in [2.24, 2.45) is 0 Å². The molecular formula is C17H16Cl2O. The zero-order chi connectivity index (χ0) is 14.7. The van der Waals surface area contributed by atoms with Crippen LogP contribution in [0.25, 0.3) is 0 Å². The summed E-state index contributed by atoms with van der Waals surface area (Å²) in [5.41, 5.74) is 2.73. The van der Waals surface area contributed by atoms with Gasteiger partial charge in [-0.25, -0.2) is 0 Å². The van der Waals surface area contributed by atoms with E-state index in [4.69, 9.17) is 23.2 Å². The summed E-state index contributed by atoms with van der Waals surface area (Å²) in [6.45, 7) is 4.29. The number of carbonyl (C=O) groups is 1. The lowest BCUT2D eigenvalue weighted by Crippen LogP contribution is -2.04. The Morgan fingerprint density at radius 2 is 1.70 bits per heavy atom. The summed E-state index contributed by atoms with van der Waals surface area (Å²) in [5.74, 6) is 0.469. The summed E-state index contributed by atoms with van der Waals surface area (Å²) in [6, 6.07) is 13.1. The van der Waals surface area contributed by atoms with Crippen molar-refractivity contribution in [3.63, 3.8) is 0 Å². The van der Waals surface area contributed by atoms with E-state index in [2.05, 4.69) is 26.0 Å². The Balaban J connectivity index is 2.17. The minimum absolute atomic E-state index is 0.0187. The minimum Gasteiger partial charge on any atom is -0.294 e. The molecule has 0 aliphatic heterocycles. The number of hydrogen-bond acceptors (Lipinski definition) is 1. The van der Waals surface area contributed by atoms with Crippen LogP contribution >= 0.6 is 23.2 Å². The topological polar surface area (TPSA) is 17.1 Å². The molecule has 1 nitrogen and oxygen atoms in total. The molecule has 0 aromatic heterocycles. The summed E-state index contributed by atoms with van der Waals surface area (Å²) in [7, 11) is 0. The molecule has 0 fully saturated rings. The highest BCUT2D eigenvalue weighted by Crippen LogP contribution is 2.23. The van der Waals surface area contributed by atoms with E-state index in [9.17, 15) is 4.79 Å². The first-order valence-electron chi connectivity index (χ1n) is 6.54. The van der Waals surface area contributed by atoms with Crippen LogP contribution in [0.1, 0.15) is 41.3 Å². The molecule has 0 atom stereocenters. The fourth-order valence-corrected chi connectivity index (χ4v) is 2.41. The van der Waals surface area contributed by atoms with Crippen LogP contribution in [-0.2, 0) is 6.42 Å². The molecule has 0 aliphatic rings. The third-order valence-electron chi connectivity index (χ3n) is 3.24. The molecule has 0 unspecified atom stereocenters. The van der Waals surface area contributed by atoms with Crippen molar-refractivity contribution >= 4 is 29.0 Å². The molecule has 20 heavy (non-hydrogen) atoms. The van der Waals surface area contributed by atoms with Crippen LogP contribution in [0.5, 0.6) is 0 Å². The molecule has 2 aromatic rings. The SMILES string of the molecule is CC(C)c1ccc(CC(=O)c2cc(Cl)ccc2Cl)cc1. The predicted molar refractivity (Wildman–Crippen MR) is 85.0 cm³/mol. The van der Waals surface area contributed by atoms with E-state index in [1.807, 2.05) is 12.1 Å². The molecule has 0 saturated carbocycles. The molecule has 0 saturated heterocycles. The number of rotatable bonds is 4. The van der Waals surface area contributed by atoms with Gasteiger partial charge in [0, 0.05) is 17.0 Å². The number of Topliss-reactive ketones (excluding diaryl/α,β-unsaturated/α-hetero) is 1. The molecule has 2 rings (SSSR count). The average Bonchev–Trinajstić information content (AvgIpc) is 2.42. The summed E-state index contributed by atoms with van der Waals surface area (Å²) < 4.78 is 0. The molecule has 3 heteroatoms. The number of ketones is 1. The molecular weight excluding hydrogens is 291 g/mol. The van der Waals surface area contributed by atoms with Gasteiger partial charge < -0.3 is 0 Å². The van der Waals surface area contributed by atoms with Gasteiger partial charge in [-0.05, 0) is 35.2 Å². The number of carbonyl (C=O) groups excluding carboxylic acids is 1. The second-order valence-corrected chi connectivity index (χ2v) is 5.96. The van der Waals surface area contributed by atoms with Crippen LogP contribution in [0.2, 0.25) is 10.0 Å². The Kier molecular flexibility index (Phi) is 4.85. The first-order valence-corrected chi connectivity index (χ1v) is 7.30. The Labute approximate surface area is 129 Å². The second kappa shape index (κ2) is 6.43. The highest BCUT2D eigenvalue weighted by molar-refractivity contribution is 6.35. The van der Waals surface area contributed by atoms with Crippen LogP contribution in [0.3, 0.4) is 0 Å². The van der Waals surface area contributed by atoms with Gasteiger partial charge in [-0.2, -0.15) is 0 Å². The van der Waals surface area contributed by atoms with Crippen molar-refractivity contribution in [1.29, 1.82) is 0 Å². The van der Waals surface area contributed by atoms with Gasteiger partial charge in [0.1, 0.15) is 0 Å². The van der Waals surface area contributed by atoms with E-state index < -0.39 is 0 Å². The van der Waals surface area contributed by atoms with Crippen molar-refractivity contribution in [1.82, 2.24) is 0 Å². The molecule has 0 spiro atoms. The van der Waals surface area contributed by atoms with E-state index in [1.165, 1.54) is 5.56 Å². The largest absolute Gasteiger partial charge is 0.294 e. The summed E-state index contributed by atoms with van der Waals surface area (Å²) in [4.78, 5) is 12.3. The quantitative estimate of drug-likeness (QED) is 0.678. The van der Waals surface area contributed by atoms with Crippen molar-refractivity contribution in [2.45, 2.75) is 26.2 Å². The van der Waals surface area contributed by atoms with Gasteiger partial charge in [0.15, 0.2) is 5.78 Å². The van der Waals surface area contributed by atoms with Crippen molar-refractivity contribution in [3.05, 3.63) is 69.2 Å². The second-order valence-electron chi connectivity index (χ2n) is 5.12. The number of halogens is 2. The lowest BCUT2D eigenvalue weighted by molar-refractivity contribution is 0.0993. The van der Waals surface area contributed by atoms with Crippen molar-refractivity contribution in [2.75, 3.05) is 0 Å². The Morgan fingerprint density at radius 3 is 2.30 bits per heavy atom. The third-order valence-corrected chi connectivity index (χ3v) is 3.80. The van der Waals surface area contributed by atoms with Crippen molar-refractivity contribution in [3.8, 4) is 0 Å². The van der Waals surface area contributed by atoms with Crippen molar-refractivity contribution < 1.29 is 4.79 Å².